The van der Waals surface area contributed by atoms with E-state index in [-0.39, 0.29) is 6.03 Å². The number of benzene rings is 2. The fourth-order valence-corrected chi connectivity index (χ4v) is 2.02. The summed E-state index contributed by atoms with van der Waals surface area (Å²) in [5, 5.41) is 5.62. The van der Waals surface area contributed by atoms with Crippen LogP contribution in [-0.4, -0.2) is 16.0 Å². The minimum Gasteiger partial charge on any atom is -0.345 e. The molecule has 0 atom stereocenters. The number of anilines is 2. The number of hydrogen-bond acceptors (Lipinski definition) is 2. The van der Waals surface area contributed by atoms with Gasteiger partial charge in [-0.05, 0) is 24.3 Å². The van der Waals surface area contributed by atoms with Crippen LogP contribution in [0.1, 0.15) is 0 Å². The van der Waals surface area contributed by atoms with Gasteiger partial charge in [0, 0.05) is 23.6 Å². The zero-order valence-corrected chi connectivity index (χ0v) is 11.2. The molecule has 3 aromatic rings. The standard InChI is InChI=1S/C16H14N4O/c21-16(19-12-6-2-1-3-7-12)20-14-9-5-4-8-13(14)15-17-10-11-18-15/h1-11H,(H,17,18)(H2,19,20,21). The third kappa shape index (κ3) is 3.09. The number of nitrogens with one attached hydrogen (secondary N) is 3. The first-order valence-corrected chi connectivity index (χ1v) is 6.55. The van der Waals surface area contributed by atoms with E-state index in [9.17, 15) is 4.79 Å². The second-order valence-electron chi connectivity index (χ2n) is 4.43. The van der Waals surface area contributed by atoms with Crippen LogP contribution in [0.5, 0.6) is 0 Å². The lowest BCUT2D eigenvalue weighted by Crippen LogP contribution is -2.19. The Morgan fingerprint density at radius 3 is 2.48 bits per heavy atom. The highest BCUT2D eigenvalue weighted by molar-refractivity contribution is 6.01. The Labute approximate surface area is 122 Å². The van der Waals surface area contributed by atoms with Crippen LogP contribution in [0.25, 0.3) is 11.4 Å². The second kappa shape index (κ2) is 5.92. The number of imidazole rings is 1. The van der Waals surface area contributed by atoms with Gasteiger partial charge in [0.25, 0.3) is 0 Å². The van der Waals surface area contributed by atoms with Crippen molar-refractivity contribution in [2.75, 3.05) is 10.6 Å². The molecule has 1 heterocycles. The molecule has 0 unspecified atom stereocenters. The van der Waals surface area contributed by atoms with Gasteiger partial charge in [0.05, 0.1) is 5.69 Å². The average Bonchev–Trinajstić information content (AvgIpc) is 3.03. The van der Waals surface area contributed by atoms with Gasteiger partial charge in [0.2, 0.25) is 0 Å². The van der Waals surface area contributed by atoms with Gasteiger partial charge in [0.15, 0.2) is 0 Å². The molecule has 104 valence electrons. The van der Waals surface area contributed by atoms with E-state index in [1.54, 1.807) is 12.4 Å². The van der Waals surface area contributed by atoms with E-state index in [2.05, 4.69) is 20.6 Å². The van der Waals surface area contributed by atoms with Gasteiger partial charge >= 0.3 is 6.03 Å². The number of aromatic nitrogens is 2. The molecule has 21 heavy (non-hydrogen) atoms. The van der Waals surface area contributed by atoms with E-state index < -0.39 is 0 Å². The molecule has 0 spiro atoms. The van der Waals surface area contributed by atoms with Crippen LogP contribution in [0.4, 0.5) is 16.2 Å². The third-order valence-corrected chi connectivity index (χ3v) is 2.96. The predicted octanol–water partition coefficient (Wildman–Crippen LogP) is 3.72. The Balaban J connectivity index is 1.78. The third-order valence-electron chi connectivity index (χ3n) is 2.96. The minimum absolute atomic E-state index is 0.291. The Hall–Kier alpha value is -3.08. The zero-order valence-electron chi connectivity index (χ0n) is 11.2. The van der Waals surface area contributed by atoms with E-state index in [1.807, 2.05) is 54.6 Å². The van der Waals surface area contributed by atoms with Gasteiger partial charge in [-0.3, -0.25) is 0 Å². The summed E-state index contributed by atoms with van der Waals surface area (Å²) in [6, 6.07) is 16.5. The maximum absolute atomic E-state index is 12.1. The number of H-pyrrole nitrogens is 1. The minimum atomic E-state index is -0.291. The quantitative estimate of drug-likeness (QED) is 0.683. The fourth-order valence-electron chi connectivity index (χ4n) is 2.02. The molecule has 3 N–H and O–H groups in total. The molecule has 2 aromatic carbocycles. The molecular formula is C16H14N4O. The summed E-state index contributed by atoms with van der Waals surface area (Å²) < 4.78 is 0. The van der Waals surface area contributed by atoms with Crippen LogP contribution in [0.3, 0.4) is 0 Å². The van der Waals surface area contributed by atoms with Gasteiger partial charge < -0.3 is 15.6 Å². The molecule has 5 nitrogen and oxygen atoms in total. The maximum Gasteiger partial charge on any atom is 0.323 e. The molecule has 0 aliphatic heterocycles. The number of nitrogens with zero attached hydrogens (tertiary/aromatic N) is 1. The second-order valence-corrected chi connectivity index (χ2v) is 4.43. The highest BCUT2D eigenvalue weighted by Crippen LogP contribution is 2.24. The number of carbonyl (C=O) groups excluding carboxylic acids is 1. The van der Waals surface area contributed by atoms with E-state index in [0.717, 1.165) is 11.3 Å². The van der Waals surface area contributed by atoms with Crippen LogP contribution in [0, 0.1) is 0 Å². The fraction of sp³-hybridized carbons (Fsp3) is 0. The van der Waals surface area contributed by atoms with Crippen LogP contribution in [-0.2, 0) is 0 Å². The molecule has 0 saturated heterocycles. The van der Waals surface area contributed by atoms with Crippen molar-refractivity contribution in [2.24, 2.45) is 0 Å². The number of rotatable bonds is 3. The lowest BCUT2D eigenvalue weighted by Gasteiger charge is -2.10. The Morgan fingerprint density at radius 2 is 1.71 bits per heavy atom. The molecule has 0 aliphatic rings. The van der Waals surface area contributed by atoms with Gasteiger partial charge in [-0.1, -0.05) is 30.3 Å². The number of amides is 2. The average molecular weight is 278 g/mol. The number of para-hydroxylation sites is 2. The van der Waals surface area contributed by atoms with Crippen molar-refractivity contribution in [3.05, 3.63) is 67.0 Å². The van der Waals surface area contributed by atoms with Crippen molar-refractivity contribution in [1.29, 1.82) is 0 Å². The number of carbonyl (C=O) groups is 1. The normalized spacial score (nSPS) is 10.1. The summed E-state index contributed by atoms with van der Waals surface area (Å²) >= 11 is 0. The molecule has 0 aliphatic carbocycles. The highest BCUT2D eigenvalue weighted by atomic mass is 16.2. The molecule has 3 rings (SSSR count). The van der Waals surface area contributed by atoms with Crippen molar-refractivity contribution in [1.82, 2.24) is 9.97 Å². The first kappa shape index (κ1) is 12.9. The molecule has 0 bridgehead atoms. The monoisotopic (exact) mass is 278 g/mol. The highest BCUT2D eigenvalue weighted by Gasteiger charge is 2.09. The number of hydrogen-bond donors (Lipinski definition) is 3. The van der Waals surface area contributed by atoms with E-state index in [1.165, 1.54) is 0 Å². The molecular weight excluding hydrogens is 264 g/mol. The summed E-state index contributed by atoms with van der Waals surface area (Å²) in [5.74, 6) is 0.714. The van der Waals surface area contributed by atoms with Crippen LogP contribution < -0.4 is 10.6 Å². The lowest BCUT2D eigenvalue weighted by molar-refractivity contribution is 0.262. The SMILES string of the molecule is O=C(Nc1ccccc1)Nc1ccccc1-c1ncc[nH]1. The first-order valence-electron chi connectivity index (χ1n) is 6.55. The molecule has 2 amide bonds. The Morgan fingerprint density at radius 1 is 0.952 bits per heavy atom. The molecule has 0 fully saturated rings. The topological polar surface area (TPSA) is 69.8 Å². The van der Waals surface area contributed by atoms with Crippen molar-refractivity contribution in [3.8, 4) is 11.4 Å². The number of urea groups is 1. The summed E-state index contributed by atoms with van der Waals surface area (Å²) in [6.45, 7) is 0. The summed E-state index contributed by atoms with van der Waals surface area (Å²) in [7, 11) is 0. The van der Waals surface area contributed by atoms with Crippen molar-refractivity contribution in [2.45, 2.75) is 0 Å². The number of aromatic amines is 1. The summed E-state index contributed by atoms with van der Waals surface area (Å²) in [4.78, 5) is 19.3. The Bertz CT molecular complexity index is 723. The van der Waals surface area contributed by atoms with Crippen LogP contribution >= 0.6 is 0 Å². The summed E-state index contributed by atoms with van der Waals surface area (Å²) in [5.41, 5.74) is 2.28. The summed E-state index contributed by atoms with van der Waals surface area (Å²) in [6.07, 6.45) is 3.42. The lowest BCUT2D eigenvalue weighted by atomic mass is 10.1. The van der Waals surface area contributed by atoms with Crippen LogP contribution in [0.15, 0.2) is 67.0 Å². The Kier molecular flexibility index (Phi) is 3.64. The van der Waals surface area contributed by atoms with E-state index in [0.29, 0.717) is 11.5 Å². The maximum atomic E-state index is 12.1. The van der Waals surface area contributed by atoms with Crippen molar-refractivity contribution >= 4 is 17.4 Å². The van der Waals surface area contributed by atoms with E-state index >= 15 is 0 Å². The molecule has 1 aromatic heterocycles. The van der Waals surface area contributed by atoms with Crippen molar-refractivity contribution < 1.29 is 4.79 Å². The molecule has 0 saturated carbocycles. The van der Waals surface area contributed by atoms with Gasteiger partial charge in [-0.25, -0.2) is 9.78 Å². The van der Waals surface area contributed by atoms with Crippen LogP contribution in [0.2, 0.25) is 0 Å². The predicted molar refractivity (Wildman–Crippen MR) is 83.1 cm³/mol. The smallest absolute Gasteiger partial charge is 0.323 e. The van der Waals surface area contributed by atoms with Gasteiger partial charge in [0.1, 0.15) is 5.82 Å². The van der Waals surface area contributed by atoms with E-state index in [4.69, 9.17) is 0 Å². The van der Waals surface area contributed by atoms with Crippen molar-refractivity contribution in [3.63, 3.8) is 0 Å². The molecule has 0 radical (unpaired) electrons. The zero-order chi connectivity index (χ0) is 14.5. The van der Waals surface area contributed by atoms with Gasteiger partial charge in [-0.15, -0.1) is 0 Å². The van der Waals surface area contributed by atoms with Gasteiger partial charge in [-0.2, -0.15) is 0 Å². The first-order chi connectivity index (χ1) is 10.3. The largest absolute Gasteiger partial charge is 0.345 e. The molecule has 5 heteroatoms.